The minimum absolute atomic E-state index is 0.0394. The summed E-state index contributed by atoms with van der Waals surface area (Å²) in [7, 11) is 3.78. The van der Waals surface area contributed by atoms with E-state index in [9.17, 15) is 9.59 Å². The number of nitrogens with zero attached hydrogens (tertiary/aromatic N) is 7. The number of likely N-dealkylation sites (tertiary alicyclic amines) is 1. The van der Waals surface area contributed by atoms with E-state index in [0.29, 0.717) is 30.2 Å². The van der Waals surface area contributed by atoms with Crippen LogP contribution in [0.1, 0.15) is 86.6 Å². The molecule has 42 heavy (non-hydrogen) atoms. The smallest absolute Gasteiger partial charge is 0.219 e. The van der Waals surface area contributed by atoms with Crippen molar-refractivity contribution < 1.29 is 9.59 Å². The van der Waals surface area contributed by atoms with Crippen molar-refractivity contribution in [1.82, 2.24) is 25.0 Å². The zero-order valence-electron chi connectivity index (χ0n) is 27.0. The van der Waals surface area contributed by atoms with Crippen LogP contribution in [0.15, 0.2) is 44.7 Å². The molecule has 3 unspecified atom stereocenters. The molecule has 3 rings (SSSR count). The number of amides is 1. The standard InChI is InChI=1S/C32H48N8O2/c1-11-33-31(22(4)25(7)41)40-32(36-23(5)20(2)17-28-16-15-21(3)39(28)26(8)42)29(19-35-40)27-13-12-14-30(34-18-27)24(6)37-38(9)10/h13-14,18-21,28,33H,11-12,15-17H2,1-10H3/b31-22+,36-23+,37-24+. The lowest BCUT2D eigenvalue weighted by Crippen LogP contribution is -2.39. The van der Waals surface area contributed by atoms with E-state index in [1.165, 1.54) is 0 Å². The van der Waals surface area contributed by atoms with Gasteiger partial charge in [0.05, 0.1) is 17.6 Å². The Morgan fingerprint density at radius 1 is 1.14 bits per heavy atom. The van der Waals surface area contributed by atoms with Crippen LogP contribution >= 0.6 is 0 Å². The SMILES string of the molecule is CCN/C(=C(/C)C(C)=O)n1ncc(C2=CCC=C(/C(C)=N/N(C)C)N=C2)c1/N=C(\C)C(C)CC1CCC(C)N1C(C)=O. The third-order valence-corrected chi connectivity index (χ3v) is 7.98. The number of hydrogen-bond acceptors (Lipinski definition) is 8. The number of hydrazone groups is 1. The predicted molar refractivity (Wildman–Crippen MR) is 173 cm³/mol. The molecule has 1 saturated heterocycles. The summed E-state index contributed by atoms with van der Waals surface area (Å²) in [5.74, 6) is 1.47. The van der Waals surface area contributed by atoms with Crippen LogP contribution in [0.4, 0.5) is 5.82 Å². The molecule has 1 N–H and O–H groups in total. The van der Waals surface area contributed by atoms with E-state index in [1.807, 2.05) is 46.0 Å². The molecule has 0 aliphatic carbocycles. The highest BCUT2D eigenvalue weighted by Crippen LogP contribution is 2.33. The fourth-order valence-corrected chi connectivity index (χ4v) is 5.56. The Bertz CT molecular complexity index is 1360. The third kappa shape index (κ3) is 7.72. The molecule has 1 fully saturated rings. The van der Waals surface area contributed by atoms with Gasteiger partial charge in [-0.1, -0.05) is 19.1 Å². The molecule has 0 spiro atoms. The maximum Gasteiger partial charge on any atom is 0.219 e. The van der Waals surface area contributed by atoms with Crippen molar-refractivity contribution in [2.75, 3.05) is 20.6 Å². The maximum absolute atomic E-state index is 12.4. The highest BCUT2D eigenvalue weighted by molar-refractivity contribution is 6.14. The fraction of sp³-hybridized carbons (Fsp3) is 0.562. The molecular formula is C32H48N8O2. The van der Waals surface area contributed by atoms with E-state index in [4.69, 9.17) is 15.1 Å². The van der Waals surface area contributed by atoms with Gasteiger partial charge in [-0.2, -0.15) is 14.9 Å². The maximum atomic E-state index is 12.4. The van der Waals surface area contributed by atoms with Gasteiger partial charge in [-0.15, -0.1) is 0 Å². The molecule has 3 heterocycles. The highest BCUT2D eigenvalue weighted by Gasteiger charge is 2.33. The Balaban J connectivity index is 2.07. The van der Waals surface area contributed by atoms with E-state index in [0.717, 1.165) is 47.5 Å². The zero-order chi connectivity index (χ0) is 31.1. The third-order valence-electron chi connectivity index (χ3n) is 7.98. The second kappa shape index (κ2) is 14.4. The summed E-state index contributed by atoms with van der Waals surface area (Å²) >= 11 is 0. The zero-order valence-corrected chi connectivity index (χ0v) is 27.0. The fourth-order valence-electron chi connectivity index (χ4n) is 5.56. The number of Topliss-reactive ketones (excluding diaryl/α,β-unsaturated/α-hetero) is 1. The summed E-state index contributed by atoms with van der Waals surface area (Å²) < 4.78 is 1.73. The summed E-state index contributed by atoms with van der Waals surface area (Å²) in [5, 5.41) is 14.3. The monoisotopic (exact) mass is 576 g/mol. The first-order valence-electron chi connectivity index (χ1n) is 14.9. The second-order valence-electron chi connectivity index (χ2n) is 11.5. The van der Waals surface area contributed by atoms with Crippen molar-refractivity contribution in [1.29, 1.82) is 0 Å². The van der Waals surface area contributed by atoms with Gasteiger partial charge < -0.3 is 15.2 Å². The lowest BCUT2D eigenvalue weighted by atomic mass is 9.96. The molecule has 0 bridgehead atoms. The van der Waals surface area contributed by atoms with E-state index in [2.05, 4.69) is 36.4 Å². The summed E-state index contributed by atoms with van der Waals surface area (Å²) in [4.78, 5) is 36.8. The number of ketones is 1. The number of rotatable bonds is 11. The number of carbonyl (C=O) groups is 2. The topological polar surface area (TPSA) is 108 Å². The molecular weight excluding hydrogens is 528 g/mol. The first kappa shape index (κ1) is 32.7. The van der Waals surface area contributed by atoms with E-state index in [1.54, 1.807) is 36.7 Å². The van der Waals surface area contributed by atoms with E-state index in [-0.39, 0.29) is 29.7 Å². The molecule has 3 atom stereocenters. The van der Waals surface area contributed by atoms with Gasteiger partial charge >= 0.3 is 0 Å². The van der Waals surface area contributed by atoms with Gasteiger partial charge in [-0.05, 0) is 73.1 Å². The molecule has 228 valence electrons. The highest BCUT2D eigenvalue weighted by atomic mass is 16.2. The minimum Gasteiger partial charge on any atom is -0.370 e. The summed E-state index contributed by atoms with van der Waals surface area (Å²) in [6.07, 6.45) is 11.3. The van der Waals surface area contributed by atoms with Crippen LogP contribution in [0.2, 0.25) is 0 Å². The van der Waals surface area contributed by atoms with Crippen LogP contribution in [0.3, 0.4) is 0 Å². The Kier molecular flexibility index (Phi) is 11.2. The van der Waals surface area contributed by atoms with Gasteiger partial charge in [0.15, 0.2) is 11.6 Å². The van der Waals surface area contributed by atoms with E-state index < -0.39 is 0 Å². The first-order chi connectivity index (χ1) is 19.8. The van der Waals surface area contributed by atoms with Crippen molar-refractivity contribution >= 4 is 46.5 Å². The van der Waals surface area contributed by atoms with Crippen LogP contribution in [0.25, 0.3) is 11.4 Å². The quantitative estimate of drug-likeness (QED) is 0.214. The van der Waals surface area contributed by atoms with Crippen LogP contribution < -0.4 is 5.32 Å². The van der Waals surface area contributed by atoms with Gasteiger partial charge in [0.25, 0.3) is 0 Å². The Morgan fingerprint density at radius 2 is 1.86 bits per heavy atom. The molecule has 1 aromatic heterocycles. The Labute approximate surface area is 251 Å². The van der Waals surface area contributed by atoms with Gasteiger partial charge in [0.1, 0.15) is 5.82 Å². The Hall–Kier alpha value is -3.82. The second-order valence-corrected chi connectivity index (χ2v) is 11.5. The molecule has 2 aliphatic heterocycles. The summed E-state index contributed by atoms with van der Waals surface area (Å²) in [6.45, 7) is 15.9. The lowest BCUT2D eigenvalue weighted by molar-refractivity contribution is -0.131. The average Bonchev–Trinajstić information content (AvgIpc) is 3.39. The molecule has 1 amide bonds. The van der Waals surface area contributed by atoms with Crippen molar-refractivity contribution in [3.8, 4) is 0 Å². The number of aliphatic imine (C=N–C) groups is 2. The van der Waals surface area contributed by atoms with E-state index >= 15 is 0 Å². The average molecular weight is 577 g/mol. The molecule has 1 aromatic rings. The van der Waals surface area contributed by atoms with Gasteiger partial charge in [0.2, 0.25) is 5.91 Å². The number of aromatic nitrogens is 2. The van der Waals surface area contributed by atoms with Crippen molar-refractivity contribution in [2.24, 2.45) is 21.0 Å². The largest absolute Gasteiger partial charge is 0.370 e. The molecule has 2 aliphatic rings. The number of allylic oxidation sites excluding steroid dienone is 5. The lowest BCUT2D eigenvalue weighted by Gasteiger charge is -2.29. The number of carbonyl (C=O) groups excluding carboxylic acids is 2. The van der Waals surface area contributed by atoms with Gasteiger partial charge in [-0.25, -0.2) is 4.99 Å². The molecule has 0 radical (unpaired) electrons. The van der Waals surface area contributed by atoms with Gasteiger partial charge in [-0.3, -0.25) is 14.6 Å². The number of hydrogen-bond donors (Lipinski definition) is 1. The van der Waals surface area contributed by atoms with Crippen LogP contribution in [0.5, 0.6) is 0 Å². The Morgan fingerprint density at radius 3 is 2.48 bits per heavy atom. The van der Waals surface area contributed by atoms with Crippen LogP contribution in [-0.2, 0) is 9.59 Å². The molecule has 0 saturated carbocycles. The summed E-state index contributed by atoms with van der Waals surface area (Å²) in [6, 6.07) is 0.464. The molecule has 0 aromatic carbocycles. The van der Waals surface area contributed by atoms with Crippen LogP contribution in [-0.4, -0.2) is 81.7 Å². The predicted octanol–water partition coefficient (Wildman–Crippen LogP) is 5.47. The first-order valence-corrected chi connectivity index (χ1v) is 14.9. The summed E-state index contributed by atoms with van der Waals surface area (Å²) in [5.41, 5.74) is 4.89. The number of nitrogens with one attached hydrogen (secondary N) is 1. The minimum atomic E-state index is -0.0394. The molecule has 10 nitrogen and oxygen atoms in total. The van der Waals surface area contributed by atoms with Crippen molar-refractivity contribution in [2.45, 2.75) is 93.2 Å². The normalized spacial score (nSPS) is 21.0. The van der Waals surface area contributed by atoms with Crippen molar-refractivity contribution in [3.05, 3.63) is 35.2 Å². The van der Waals surface area contributed by atoms with Crippen LogP contribution in [0, 0.1) is 5.92 Å². The molecule has 10 heteroatoms. The van der Waals surface area contributed by atoms with Crippen molar-refractivity contribution in [3.63, 3.8) is 0 Å². The van der Waals surface area contributed by atoms with Gasteiger partial charge in [0, 0.05) is 68.3 Å².